The lowest BCUT2D eigenvalue weighted by molar-refractivity contribution is 0.0784. The predicted octanol–water partition coefficient (Wildman–Crippen LogP) is 3.32. The smallest absolute Gasteiger partial charge is 0.255 e. The number of hydrogen-bond donors (Lipinski definition) is 1. The minimum Gasteiger partial charge on any atom is -0.365 e. The quantitative estimate of drug-likeness (QED) is 0.868. The Morgan fingerprint density at radius 1 is 1.37 bits per heavy atom. The van der Waals surface area contributed by atoms with Crippen LogP contribution in [0.3, 0.4) is 0 Å². The van der Waals surface area contributed by atoms with Crippen molar-refractivity contribution in [1.82, 2.24) is 9.88 Å². The van der Waals surface area contributed by atoms with Crippen molar-refractivity contribution in [2.24, 2.45) is 0 Å². The van der Waals surface area contributed by atoms with Crippen molar-refractivity contribution in [3.05, 3.63) is 53.3 Å². The van der Waals surface area contributed by atoms with E-state index in [-0.39, 0.29) is 5.91 Å². The zero-order chi connectivity index (χ0) is 13.8. The molecule has 1 N–H and O–H groups in total. The van der Waals surface area contributed by atoms with Gasteiger partial charge in [0.1, 0.15) is 0 Å². The van der Waals surface area contributed by atoms with Gasteiger partial charge in [-0.2, -0.15) is 0 Å². The summed E-state index contributed by atoms with van der Waals surface area (Å²) in [5.74, 6) is 0.0494. The van der Waals surface area contributed by atoms with Crippen LogP contribution in [0.25, 0.3) is 0 Å². The van der Waals surface area contributed by atoms with Crippen LogP contribution in [-0.4, -0.2) is 29.1 Å². The zero-order valence-electron chi connectivity index (χ0n) is 11.4. The van der Waals surface area contributed by atoms with E-state index in [0.29, 0.717) is 6.54 Å². The van der Waals surface area contributed by atoms with Crippen LogP contribution >= 0.6 is 11.8 Å². The Labute approximate surface area is 118 Å². The highest BCUT2D eigenvalue weighted by atomic mass is 32.2. The van der Waals surface area contributed by atoms with Gasteiger partial charge in [-0.1, -0.05) is 12.1 Å². The number of benzene rings is 1. The van der Waals surface area contributed by atoms with Crippen molar-refractivity contribution in [3.8, 4) is 0 Å². The topological polar surface area (TPSA) is 36.1 Å². The molecule has 0 saturated heterocycles. The van der Waals surface area contributed by atoms with Gasteiger partial charge in [-0.25, -0.2) is 0 Å². The van der Waals surface area contributed by atoms with Gasteiger partial charge in [0.2, 0.25) is 0 Å². The summed E-state index contributed by atoms with van der Waals surface area (Å²) < 4.78 is 0. The first-order valence-electron chi connectivity index (χ1n) is 6.14. The van der Waals surface area contributed by atoms with Crippen molar-refractivity contribution in [1.29, 1.82) is 0 Å². The molecule has 4 heteroatoms. The molecule has 0 atom stereocenters. The van der Waals surface area contributed by atoms with E-state index in [1.807, 2.05) is 32.2 Å². The van der Waals surface area contributed by atoms with Gasteiger partial charge in [0.05, 0.1) is 5.56 Å². The number of thioether (sulfide) groups is 1. The summed E-state index contributed by atoms with van der Waals surface area (Å²) in [6.07, 6.45) is 3.85. The van der Waals surface area contributed by atoms with Gasteiger partial charge in [0, 0.05) is 30.4 Å². The van der Waals surface area contributed by atoms with Crippen molar-refractivity contribution in [2.45, 2.75) is 18.4 Å². The molecule has 0 unspecified atom stereocenters. The van der Waals surface area contributed by atoms with E-state index >= 15 is 0 Å². The van der Waals surface area contributed by atoms with Gasteiger partial charge in [-0.05, 0) is 36.9 Å². The molecule has 0 spiro atoms. The predicted molar refractivity (Wildman–Crippen MR) is 79.6 cm³/mol. The second-order valence-electron chi connectivity index (χ2n) is 4.53. The van der Waals surface area contributed by atoms with Gasteiger partial charge in [0.25, 0.3) is 5.91 Å². The number of nitrogens with one attached hydrogen (secondary N) is 1. The molecule has 0 aliphatic carbocycles. The van der Waals surface area contributed by atoms with Gasteiger partial charge in [-0.15, -0.1) is 11.8 Å². The highest BCUT2D eigenvalue weighted by Gasteiger charge is 2.14. The van der Waals surface area contributed by atoms with E-state index < -0.39 is 0 Å². The Bertz CT molecular complexity index is 577. The van der Waals surface area contributed by atoms with E-state index in [4.69, 9.17) is 0 Å². The number of aromatic amines is 1. The third-order valence-corrected chi connectivity index (χ3v) is 3.81. The first-order chi connectivity index (χ1) is 9.11. The van der Waals surface area contributed by atoms with Gasteiger partial charge in [0.15, 0.2) is 0 Å². The SMILES string of the molecule is CSc1cccc(CN(C)C(=O)c2cc[nH]c2C)c1. The van der Waals surface area contributed by atoms with Crippen molar-refractivity contribution < 1.29 is 4.79 Å². The van der Waals surface area contributed by atoms with Crippen LogP contribution in [0.15, 0.2) is 41.4 Å². The Morgan fingerprint density at radius 2 is 2.16 bits per heavy atom. The molecule has 0 aliphatic heterocycles. The summed E-state index contributed by atoms with van der Waals surface area (Å²) in [5, 5.41) is 0. The van der Waals surface area contributed by atoms with Crippen LogP contribution in [-0.2, 0) is 6.54 Å². The standard InChI is InChI=1S/C15H18N2OS/c1-11-14(7-8-16-11)15(18)17(2)10-12-5-4-6-13(9-12)19-3/h4-9,16H,10H2,1-3H3. The van der Waals surface area contributed by atoms with E-state index in [1.165, 1.54) is 4.90 Å². The molecule has 3 nitrogen and oxygen atoms in total. The fraction of sp³-hybridized carbons (Fsp3) is 0.267. The van der Waals surface area contributed by atoms with Crippen LogP contribution in [0, 0.1) is 6.92 Å². The molecule has 0 saturated carbocycles. The maximum atomic E-state index is 12.3. The Hall–Kier alpha value is -1.68. The van der Waals surface area contributed by atoms with Crippen LogP contribution in [0.1, 0.15) is 21.6 Å². The highest BCUT2D eigenvalue weighted by Crippen LogP contribution is 2.17. The summed E-state index contributed by atoms with van der Waals surface area (Å²) >= 11 is 1.71. The summed E-state index contributed by atoms with van der Waals surface area (Å²) in [6, 6.07) is 10.1. The summed E-state index contributed by atoms with van der Waals surface area (Å²) in [7, 11) is 1.83. The monoisotopic (exact) mass is 274 g/mol. The molecule has 2 aromatic rings. The van der Waals surface area contributed by atoms with E-state index in [0.717, 1.165) is 16.8 Å². The summed E-state index contributed by atoms with van der Waals surface area (Å²) in [4.78, 5) is 18.3. The molecule has 1 heterocycles. The van der Waals surface area contributed by atoms with Crippen LogP contribution < -0.4 is 0 Å². The van der Waals surface area contributed by atoms with E-state index in [2.05, 4.69) is 23.4 Å². The molecule has 100 valence electrons. The maximum absolute atomic E-state index is 12.3. The van der Waals surface area contributed by atoms with Crippen molar-refractivity contribution >= 4 is 17.7 Å². The van der Waals surface area contributed by atoms with Crippen LogP contribution in [0.5, 0.6) is 0 Å². The molecule has 2 rings (SSSR count). The number of amides is 1. The summed E-state index contributed by atoms with van der Waals surface area (Å²) in [6.45, 7) is 2.53. The lowest BCUT2D eigenvalue weighted by Gasteiger charge is -2.17. The first kappa shape index (κ1) is 13.7. The molecule has 0 bridgehead atoms. The second kappa shape index (κ2) is 5.97. The van der Waals surface area contributed by atoms with Crippen molar-refractivity contribution in [3.63, 3.8) is 0 Å². The largest absolute Gasteiger partial charge is 0.365 e. The molecule has 0 radical (unpaired) electrons. The minimum atomic E-state index is 0.0494. The molecule has 1 amide bonds. The van der Waals surface area contributed by atoms with Crippen LogP contribution in [0.2, 0.25) is 0 Å². The van der Waals surface area contributed by atoms with Crippen molar-refractivity contribution in [2.75, 3.05) is 13.3 Å². The zero-order valence-corrected chi connectivity index (χ0v) is 12.3. The molecule has 1 aromatic heterocycles. The third-order valence-electron chi connectivity index (χ3n) is 3.08. The van der Waals surface area contributed by atoms with E-state index in [1.54, 1.807) is 22.9 Å². The fourth-order valence-electron chi connectivity index (χ4n) is 2.01. The number of rotatable bonds is 4. The number of aryl methyl sites for hydroxylation is 1. The fourth-order valence-corrected chi connectivity index (χ4v) is 2.49. The molecular weight excluding hydrogens is 256 g/mol. The second-order valence-corrected chi connectivity index (χ2v) is 5.41. The van der Waals surface area contributed by atoms with Gasteiger partial charge < -0.3 is 9.88 Å². The van der Waals surface area contributed by atoms with Gasteiger partial charge in [-0.3, -0.25) is 4.79 Å². The number of nitrogens with zero attached hydrogens (tertiary/aromatic N) is 1. The first-order valence-corrected chi connectivity index (χ1v) is 7.36. The number of aromatic nitrogens is 1. The molecule has 1 aromatic carbocycles. The molecule has 19 heavy (non-hydrogen) atoms. The maximum Gasteiger partial charge on any atom is 0.255 e. The average molecular weight is 274 g/mol. The normalized spacial score (nSPS) is 10.5. The number of H-pyrrole nitrogens is 1. The van der Waals surface area contributed by atoms with Crippen LogP contribution in [0.4, 0.5) is 0 Å². The molecule has 0 aliphatic rings. The Kier molecular flexibility index (Phi) is 4.32. The Balaban J connectivity index is 2.10. The number of carbonyl (C=O) groups is 1. The number of hydrogen-bond acceptors (Lipinski definition) is 2. The molecule has 0 fully saturated rings. The summed E-state index contributed by atoms with van der Waals surface area (Å²) in [5.41, 5.74) is 2.80. The third kappa shape index (κ3) is 3.20. The number of carbonyl (C=O) groups excluding carboxylic acids is 1. The van der Waals surface area contributed by atoms with Gasteiger partial charge >= 0.3 is 0 Å². The average Bonchev–Trinajstić information content (AvgIpc) is 2.84. The molecular formula is C15H18N2OS. The minimum absolute atomic E-state index is 0.0494. The lowest BCUT2D eigenvalue weighted by Crippen LogP contribution is -2.26. The van der Waals surface area contributed by atoms with E-state index in [9.17, 15) is 4.79 Å². The Morgan fingerprint density at radius 3 is 2.79 bits per heavy atom. The highest BCUT2D eigenvalue weighted by molar-refractivity contribution is 7.98. The lowest BCUT2D eigenvalue weighted by atomic mass is 10.2.